The number of nitrogens with one attached hydrogen (secondary N) is 2. The Hall–Kier alpha value is -3.27. The minimum absolute atomic E-state index is 0.229. The average molecular weight is 450 g/mol. The van der Waals surface area contributed by atoms with E-state index < -0.39 is 0 Å². The lowest BCUT2D eigenvalue weighted by molar-refractivity contribution is -0.121. The summed E-state index contributed by atoms with van der Waals surface area (Å²) in [6, 6.07) is 24.0. The summed E-state index contributed by atoms with van der Waals surface area (Å²) >= 11 is 7.58. The highest BCUT2D eigenvalue weighted by atomic mass is 35.5. The van der Waals surface area contributed by atoms with Gasteiger partial charge in [0.05, 0.1) is 11.6 Å². The highest BCUT2D eigenvalue weighted by molar-refractivity contribution is 7.98. The monoisotopic (exact) mass is 449 g/mol. The molecule has 0 aliphatic rings. The van der Waals surface area contributed by atoms with Crippen LogP contribution in [0.3, 0.4) is 0 Å². The fourth-order valence-corrected chi connectivity index (χ4v) is 3.70. The van der Waals surface area contributed by atoms with Gasteiger partial charge in [0.1, 0.15) is 0 Å². The predicted octanol–water partition coefficient (Wildman–Crippen LogP) is 4.90. The Kier molecular flexibility index (Phi) is 8.11. The van der Waals surface area contributed by atoms with E-state index in [2.05, 4.69) is 16.9 Å². The van der Waals surface area contributed by atoms with Crippen molar-refractivity contribution < 1.29 is 9.59 Å². The molecule has 0 aliphatic carbocycles. The SMILES string of the molecule is N#Cc1ccc(CCC(=O)NNC(=O)c2ccc(CSc3ccc(Cl)cc3)cc2)cc1. The lowest BCUT2D eigenvalue weighted by atomic mass is 10.1. The minimum atomic E-state index is -0.372. The molecule has 0 bridgehead atoms. The number of hydrogen-bond acceptors (Lipinski definition) is 4. The number of amides is 2. The van der Waals surface area contributed by atoms with Gasteiger partial charge in [0.15, 0.2) is 0 Å². The molecule has 0 heterocycles. The van der Waals surface area contributed by atoms with Gasteiger partial charge in [-0.05, 0) is 66.1 Å². The van der Waals surface area contributed by atoms with Crippen molar-refractivity contribution >= 4 is 35.2 Å². The highest BCUT2D eigenvalue weighted by Crippen LogP contribution is 2.24. The summed E-state index contributed by atoms with van der Waals surface area (Å²) < 4.78 is 0. The zero-order valence-electron chi connectivity index (χ0n) is 16.6. The van der Waals surface area contributed by atoms with E-state index in [-0.39, 0.29) is 18.2 Å². The minimum Gasteiger partial charge on any atom is -0.273 e. The molecule has 0 spiro atoms. The van der Waals surface area contributed by atoms with Crippen molar-refractivity contribution in [3.05, 3.63) is 100 Å². The summed E-state index contributed by atoms with van der Waals surface area (Å²) in [7, 11) is 0. The lowest BCUT2D eigenvalue weighted by Gasteiger charge is -2.08. The molecular formula is C24H20ClN3O2S. The number of benzene rings is 3. The predicted molar refractivity (Wildman–Crippen MR) is 123 cm³/mol. The highest BCUT2D eigenvalue weighted by Gasteiger charge is 2.08. The first kappa shape index (κ1) is 22.4. The van der Waals surface area contributed by atoms with Crippen LogP contribution in [0.5, 0.6) is 0 Å². The molecule has 2 amide bonds. The van der Waals surface area contributed by atoms with Crippen LogP contribution in [0, 0.1) is 11.3 Å². The smallest absolute Gasteiger partial charge is 0.269 e. The van der Waals surface area contributed by atoms with Crippen molar-refractivity contribution in [1.82, 2.24) is 10.9 Å². The quantitative estimate of drug-likeness (QED) is 0.397. The van der Waals surface area contributed by atoms with E-state index in [1.807, 2.05) is 48.5 Å². The first-order valence-electron chi connectivity index (χ1n) is 9.59. The molecule has 3 aromatic carbocycles. The van der Waals surface area contributed by atoms with E-state index in [4.69, 9.17) is 16.9 Å². The van der Waals surface area contributed by atoms with Crippen LogP contribution in [0.25, 0.3) is 0 Å². The maximum atomic E-state index is 12.2. The van der Waals surface area contributed by atoms with Crippen molar-refractivity contribution in [3.8, 4) is 6.07 Å². The van der Waals surface area contributed by atoms with Gasteiger partial charge >= 0.3 is 0 Å². The molecule has 7 heteroatoms. The van der Waals surface area contributed by atoms with E-state index >= 15 is 0 Å². The van der Waals surface area contributed by atoms with Gasteiger partial charge in [-0.2, -0.15) is 5.26 Å². The molecule has 5 nitrogen and oxygen atoms in total. The van der Waals surface area contributed by atoms with E-state index in [1.165, 1.54) is 0 Å². The van der Waals surface area contributed by atoms with Gasteiger partial charge < -0.3 is 0 Å². The Morgan fingerprint density at radius 1 is 0.871 bits per heavy atom. The fraction of sp³-hybridized carbons (Fsp3) is 0.125. The van der Waals surface area contributed by atoms with Gasteiger partial charge in [0.25, 0.3) is 5.91 Å². The molecule has 0 aromatic heterocycles. The van der Waals surface area contributed by atoms with Gasteiger partial charge in [0.2, 0.25) is 5.91 Å². The Morgan fingerprint density at radius 2 is 1.52 bits per heavy atom. The topological polar surface area (TPSA) is 82.0 Å². The second-order valence-electron chi connectivity index (χ2n) is 6.75. The van der Waals surface area contributed by atoms with E-state index in [9.17, 15) is 9.59 Å². The molecule has 3 rings (SSSR count). The van der Waals surface area contributed by atoms with Crippen molar-refractivity contribution in [1.29, 1.82) is 5.26 Å². The molecule has 0 unspecified atom stereocenters. The second-order valence-corrected chi connectivity index (χ2v) is 8.24. The van der Waals surface area contributed by atoms with Crippen molar-refractivity contribution in [2.24, 2.45) is 0 Å². The number of rotatable bonds is 7. The van der Waals surface area contributed by atoms with E-state index in [0.29, 0.717) is 22.6 Å². The normalized spacial score (nSPS) is 10.2. The number of halogens is 1. The average Bonchev–Trinajstić information content (AvgIpc) is 2.81. The zero-order valence-corrected chi connectivity index (χ0v) is 18.2. The number of carbonyl (C=O) groups excluding carboxylic acids is 2. The third kappa shape index (κ3) is 7.18. The number of nitriles is 1. The maximum Gasteiger partial charge on any atom is 0.269 e. The number of aryl methyl sites for hydroxylation is 1. The van der Waals surface area contributed by atoms with Gasteiger partial charge in [-0.3, -0.25) is 20.4 Å². The molecule has 156 valence electrons. The molecule has 0 saturated carbocycles. The molecule has 0 aliphatic heterocycles. The summed E-state index contributed by atoms with van der Waals surface area (Å²) in [5, 5.41) is 9.51. The lowest BCUT2D eigenvalue weighted by Crippen LogP contribution is -2.41. The number of thioether (sulfide) groups is 1. The first-order valence-corrected chi connectivity index (χ1v) is 11.0. The largest absolute Gasteiger partial charge is 0.273 e. The van der Waals surface area contributed by atoms with Crippen LogP contribution in [0.2, 0.25) is 5.02 Å². The zero-order chi connectivity index (χ0) is 22.1. The summed E-state index contributed by atoms with van der Waals surface area (Å²) in [6.45, 7) is 0. The van der Waals surface area contributed by atoms with Crippen LogP contribution in [0.4, 0.5) is 0 Å². The van der Waals surface area contributed by atoms with Gasteiger partial charge in [-0.1, -0.05) is 35.9 Å². The molecule has 0 atom stereocenters. The second kappa shape index (κ2) is 11.2. The van der Waals surface area contributed by atoms with Crippen LogP contribution in [-0.2, 0) is 17.0 Å². The number of hydrazine groups is 1. The molecule has 2 N–H and O–H groups in total. The summed E-state index contributed by atoms with van der Waals surface area (Å²) in [4.78, 5) is 25.3. The van der Waals surface area contributed by atoms with Crippen LogP contribution in [-0.4, -0.2) is 11.8 Å². The summed E-state index contributed by atoms with van der Waals surface area (Å²) in [5.74, 6) is 0.118. The van der Waals surface area contributed by atoms with Crippen LogP contribution < -0.4 is 10.9 Å². The third-order valence-electron chi connectivity index (χ3n) is 4.47. The molecule has 3 aromatic rings. The molecule has 0 fully saturated rings. The van der Waals surface area contributed by atoms with E-state index in [0.717, 1.165) is 21.8 Å². The number of hydrogen-bond donors (Lipinski definition) is 2. The van der Waals surface area contributed by atoms with E-state index in [1.54, 1.807) is 36.0 Å². The fourth-order valence-electron chi connectivity index (χ4n) is 2.71. The molecule has 0 saturated heterocycles. The third-order valence-corrected chi connectivity index (χ3v) is 5.81. The molecular weight excluding hydrogens is 430 g/mol. The van der Waals surface area contributed by atoms with Crippen molar-refractivity contribution in [2.45, 2.75) is 23.5 Å². The molecule has 31 heavy (non-hydrogen) atoms. The Bertz CT molecular complexity index is 1080. The Balaban J connectivity index is 1.41. The van der Waals surface area contributed by atoms with Gasteiger partial charge in [-0.25, -0.2) is 0 Å². The van der Waals surface area contributed by atoms with Crippen molar-refractivity contribution in [2.75, 3.05) is 0 Å². The summed E-state index contributed by atoms with van der Waals surface area (Å²) in [5.41, 5.74) is 7.95. The van der Waals surface area contributed by atoms with Crippen molar-refractivity contribution in [3.63, 3.8) is 0 Å². The Morgan fingerprint density at radius 3 is 2.16 bits per heavy atom. The van der Waals surface area contributed by atoms with Gasteiger partial charge in [-0.15, -0.1) is 11.8 Å². The van der Waals surface area contributed by atoms with Crippen LogP contribution in [0.15, 0.2) is 77.7 Å². The van der Waals surface area contributed by atoms with Crippen LogP contribution in [0.1, 0.15) is 33.5 Å². The first-order chi connectivity index (χ1) is 15.0. The molecule has 0 radical (unpaired) electrons. The summed E-state index contributed by atoms with van der Waals surface area (Å²) in [6.07, 6.45) is 0.750. The van der Waals surface area contributed by atoms with Crippen LogP contribution >= 0.6 is 23.4 Å². The Labute approximate surface area is 190 Å². The standard InChI is InChI=1S/C24H20ClN3O2S/c25-21-10-12-22(13-11-21)31-16-19-5-8-20(9-6-19)24(30)28-27-23(29)14-7-17-1-3-18(15-26)4-2-17/h1-6,8-13H,7,14,16H2,(H,27,29)(H,28,30). The number of carbonyl (C=O) groups is 2. The van der Waals surface area contributed by atoms with Gasteiger partial charge in [0, 0.05) is 27.7 Å². The number of nitrogens with zero attached hydrogens (tertiary/aromatic N) is 1. The maximum absolute atomic E-state index is 12.2.